The van der Waals surface area contributed by atoms with Gasteiger partial charge >= 0.3 is 11.9 Å². The number of carbonyl (C=O) groups excluding carboxylic acids is 3. The third kappa shape index (κ3) is 17.7. The summed E-state index contributed by atoms with van der Waals surface area (Å²) >= 11 is 0. The molecule has 0 unspecified atom stereocenters. The molecule has 6 rings (SSSR count). The fourth-order valence-corrected chi connectivity index (χ4v) is 10.1. The maximum Gasteiger partial charge on any atom is 0.338 e. The van der Waals surface area contributed by atoms with Crippen molar-refractivity contribution in [3.8, 4) is 11.5 Å². The first-order valence-electron chi connectivity index (χ1n) is 24.0. The van der Waals surface area contributed by atoms with Crippen molar-refractivity contribution in [2.75, 3.05) is 19.2 Å². The average Bonchev–Trinajstić information content (AvgIpc) is 3.31. The summed E-state index contributed by atoms with van der Waals surface area (Å²) in [5, 5.41) is 11.2. The van der Waals surface area contributed by atoms with Crippen molar-refractivity contribution in [2.24, 2.45) is 0 Å². The minimum atomic E-state index is -4.27. The topological polar surface area (TPSA) is 230 Å². The van der Waals surface area contributed by atoms with Gasteiger partial charge in [0.15, 0.2) is 25.5 Å². The molecular weight excluding hydrogens is 963 g/mol. The average molecular weight is 1030 g/mol. The van der Waals surface area contributed by atoms with Gasteiger partial charge in [-0.1, -0.05) is 50.0 Å². The van der Waals surface area contributed by atoms with Gasteiger partial charge < -0.3 is 52.2 Å². The molecule has 19 nitrogen and oxygen atoms in total. The van der Waals surface area contributed by atoms with Gasteiger partial charge in [0.05, 0.1) is 47.1 Å². The zero-order valence-corrected chi connectivity index (χ0v) is 43.2. The van der Waals surface area contributed by atoms with E-state index < -0.39 is 109 Å². The molecule has 3 aromatic rings. The van der Waals surface area contributed by atoms with Gasteiger partial charge in [0.25, 0.3) is 15.8 Å². The number of carbonyl (C=O) groups is 3. The Morgan fingerprint density at radius 1 is 0.732 bits per heavy atom. The molecule has 3 aliphatic heterocycles. The SMILES string of the molecule is CC(=O)CCC(=O)O[C@H]1CC[C@H](O[C@@H]2C[C@H](O[C@@H]3C[C@H](Oc4ccc(OCOCC[Si](C)(C)C)cc4)O[C@H](C)[C@H]3OC(=O)c3ccccc3)O[C@H](C)[C@H]2OS(=O)(=O)CCc2ccc([N+](=O)[O-])cc2)O[C@H]1C. The Morgan fingerprint density at radius 2 is 1.35 bits per heavy atom. The molecular formula is C50H67NO18SSi. The highest BCUT2D eigenvalue weighted by Gasteiger charge is 2.48. The van der Waals surface area contributed by atoms with E-state index in [1.165, 1.54) is 31.2 Å². The van der Waals surface area contributed by atoms with Crippen molar-refractivity contribution in [1.29, 1.82) is 0 Å². The highest BCUT2D eigenvalue weighted by atomic mass is 32.2. The van der Waals surface area contributed by atoms with Crippen molar-refractivity contribution in [2.45, 2.75) is 166 Å². The lowest BCUT2D eigenvalue weighted by atomic mass is 9.99. The minimum absolute atomic E-state index is 0.00930. The van der Waals surface area contributed by atoms with E-state index in [4.69, 9.17) is 51.6 Å². The summed E-state index contributed by atoms with van der Waals surface area (Å²) in [6.45, 7) is 14.1. The van der Waals surface area contributed by atoms with Crippen LogP contribution in [0.25, 0.3) is 0 Å². The highest BCUT2D eigenvalue weighted by molar-refractivity contribution is 7.86. The molecule has 0 saturated carbocycles. The number of ether oxygens (including phenoxy) is 10. The number of non-ortho nitro benzene ring substituents is 1. The van der Waals surface area contributed by atoms with E-state index >= 15 is 0 Å². The van der Waals surface area contributed by atoms with Crippen molar-refractivity contribution < 1.29 is 79.3 Å². The molecule has 21 heteroatoms. The number of esters is 2. The largest absolute Gasteiger partial charge is 0.468 e. The van der Waals surface area contributed by atoms with Gasteiger partial charge in [-0.25, -0.2) is 4.79 Å². The van der Waals surface area contributed by atoms with Crippen molar-refractivity contribution in [1.82, 2.24) is 0 Å². The predicted octanol–water partition coefficient (Wildman–Crippen LogP) is 7.69. The summed E-state index contributed by atoms with van der Waals surface area (Å²) in [7, 11) is -5.51. The van der Waals surface area contributed by atoms with E-state index in [0.29, 0.717) is 35.7 Å². The van der Waals surface area contributed by atoms with Crippen LogP contribution in [-0.4, -0.2) is 126 Å². The molecule has 3 fully saturated rings. The first-order valence-corrected chi connectivity index (χ1v) is 29.3. The van der Waals surface area contributed by atoms with E-state index in [9.17, 15) is 32.9 Å². The lowest BCUT2D eigenvalue weighted by molar-refractivity contribution is -0.384. The molecule has 71 heavy (non-hydrogen) atoms. The standard InChI is InChI=1S/C50H67NO18SSi/c1-32(52)13-23-44(53)65-41-22-24-45(61-33(41)2)66-43-30-47(63-35(4)49(43)69-70(57,58)27-25-36-14-16-38(17-15-36)51(55)56)67-42-29-46(62-34(3)48(42)68-50(54)37-11-9-8-10-12-37)64-40-20-18-39(19-21-40)60-31-59-26-28-71(5,6)7/h8-12,14-21,33-35,41-43,45-49H,13,22-31H2,1-7H3/t33-,34+,35+,41-,42+,43+,45-,46-,47-,48+,49+/m0/s1. The molecule has 390 valence electrons. The van der Waals surface area contributed by atoms with Gasteiger partial charge in [-0.3, -0.25) is 19.1 Å². The van der Waals surface area contributed by atoms with Crippen LogP contribution in [0.1, 0.15) is 82.1 Å². The summed E-state index contributed by atoms with van der Waals surface area (Å²) in [4.78, 5) is 48.1. The Balaban J connectivity index is 1.17. The maximum absolute atomic E-state index is 13.7. The zero-order chi connectivity index (χ0) is 51.3. The number of aryl methyl sites for hydroxylation is 1. The van der Waals surface area contributed by atoms with E-state index in [2.05, 4.69) is 19.6 Å². The van der Waals surface area contributed by atoms with Gasteiger partial charge in [0.2, 0.25) is 6.29 Å². The summed E-state index contributed by atoms with van der Waals surface area (Å²) in [5.41, 5.74) is 0.744. The van der Waals surface area contributed by atoms with Gasteiger partial charge in [-0.15, -0.1) is 0 Å². The van der Waals surface area contributed by atoms with Crippen LogP contribution in [0.3, 0.4) is 0 Å². The van der Waals surface area contributed by atoms with Gasteiger partial charge in [-0.2, -0.15) is 8.42 Å². The molecule has 0 amide bonds. The molecule has 0 aromatic heterocycles. The van der Waals surface area contributed by atoms with Crippen LogP contribution >= 0.6 is 0 Å². The molecule has 11 atom stereocenters. The number of nitrogens with zero attached hydrogens (tertiary/aromatic N) is 1. The fourth-order valence-electron chi connectivity index (χ4n) is 8.14. The zero-order valence-electron chi connectivity index (χ0n) is 41.3. The molecule has 3 aliphatic rings. The fraction of sp³-hybridized carbons (Fsp3) is 0.580. The number of hydrogen-bond acceptors (Lipinski definition) is 18. The second kappa shape index (κ2) is 25.7. The molecule has 0 radical (unpaired) electrons. The van der Waals surface area contributed by atoms with Gasteiger partial charge in [-0.05, 0) is 88.5 Å². The molecule has 3 aromatic carbocycles. The Labute approximate surface area is 416 Å². The smallest absolute Gasteiger partial charge is 0.338 e. The molecule has 0 N–H and O–H groups in total. The number of benzene rings is 3. The highest BCUT2D eigenvalue weighted by Crippen LogP contribution is 2.36. The van der Waals surface area contributed by atoms with E-state index in [-0.39, 0.29) is 56.8 Å². The van der Waals surface area contributed by atoms with Gasteiger partial charge in [0, 0.05) is 52.5 Å². The van der Waals surface area contributed by atoms with E-state index in [1.807, 2.05) is 0 Å². The van der Waals surface area contributed by atoms with E-state index in [0.717, 1.165) is 6.04 Å². The Morgan fingerprint density at radius 3 is 2.01 bits per heavy atom. The number of rotatable bonds is 24. The maximum atomic E-state index is 13.7. The Kier molecular flexibility index (Phi) is 20.1. The van der Waals surface area contributed by atoms with Crippen LogP contribution in [-0.2, 0) is 68.2 Å². The molecule has 3 saturated heterocycles. The quantitative estimate of drug-likeness (QED) is 0.0159. The van der Waals surface area contributed by atoms with Crippen LogP contribution < -0.4 is 9.47 Å². The van der Waals surface area contributed by atoms with Crippen LogP contribution in [0, 0.1) is 10.1 Å². The number of ketones is 1. The lowest BCUT2D eigenvalue weighted by Gasteiger charge is -2.45. The Bertz CT molecular complexity index is 2320. The third-order valence-corrected chi connectivity index (χ3v) is 15.1. The monoisotopic (exact) mass is 1030 g/mol. The minimum Gasteiger partial charge on any atom is -0.468 e. The summed E-state index contributed by atoms with van der Waals surface area (Å²) in [6.07, 6.45) is -9.13. The first-order chi connectivity index (χ1) is 33.7. The number of nitro groups is 1. The molecule has 0 bridgehead atoms. The number of nitro benzene ring substituents is 1. The van der Waals surface area contributed by atoms with Gasteiger partial charge in [0.1, 0.15) is 35.6 Å². The van der Waals surface area contributed by atoms with Crippen molar-refractivity contribution >= 4 is 41.6 Å². The second-order valence-corrected chi connectivity index (χ2v) is 26.6. The van der Waals surface area contributed by atoms with Crippen molar-refractivity contribution in [3.63, 3.8) is 0 Å². The lowest BCUT2D eigenvalue weighted by Crippen LogP contribution is -2.56. The summed E-state index contributed by atoms with van der Waals surface area (Å²) in [6, 6.07) is 22.1. The van der Waals surface area contributed by atoms with E-state index in [1.54, 1.807) is 75.4 Å². The van der Waals surface area contributed by atoms with Crippen LogP contribution in [0.4, 0.5) is 5.69 Å². The number of hydrogen-bond donors (Lipinski definition) is 0. The summed E-state index contributed by atoms with van der Waals surface area (Å²) in [5.74, 6) is -0.635. The molecule has 0 spiro atoms. The van der Waals surface area contributed by atoms with Crippen LogP contribution in [0.15, 0.2) is 78.9 Å². The Hall–Kier alpha value is -4.84. The number of Topliss-reactive ketones (excluding diaryl/α,β-unsaturated/α-hetero) is 1. The predicted molar refractivity (Wildman–Crippen MR) is 259 cm³/mol. The summed E-state index contributed by atoms with van der Waals surface area (Å²) < 4.78 is 94.7. The first kappa shape index (κ1) is 55.5. The normalized spacial score (nSPS) is 27.0. The molecule has 0 aliphatic carbocycles. The van der Waals surface area contributed by atoms with Crippen LogP contribution in [0.5, 0.6) is 11.5 Å². The third-order valence-electron chi connectivity index (χ3n) is 12.1. The second-order valence-electron chi connectivity index (χ2n) is 19.2. The van der Waals surface area contributed by atoms with Crippen LogP contribution in [0.2, 0.25) is 25.7 Å². The molecule has 3 heterocycles. The van der Waals surface area contributed by atoms with Crippen molar-refractivity contribution in [3.05, 3.63) is 100 Å².